The van der Waals surface area contributed by atoms with Crippen molar-refractivity contribution in [3.63, 3.8) is 0 Å². The van der Waals surface area contributed by atoms with Crippen LogP contribution in [0.1, 0.15) is 46.0 Å². The van der Waals surface area contributed by atoms with E-state index in [2.05, 4.69) is 10.1 Å². The van der Waals surface area contributed by atoms with Crippen molar-refractivity contribution in [2.45, 2.75) is 57.5 Å². The molecule has 1 aliphatic heterocycles. The first kappa shape index (κ1) is 19.2. The number of likely N-dealkylation sites (N-methyl/N-ethyl adjacent to an activating group) is 1. The van der Waals surface area contributed by atoms with Crippen molar-refractivity contribution < 1.29 is 23.9 Å². The number of carbonyl (C=O) groups is 4. The van der Waals surface area contributed by atoms with E-state index in [-0.39, 0.29) is 18.4 Å². The second-order valence-electron chi connectivity index (χ2n) is 7.14. The lowest BCUT2D eigenvalue weighted by Crippen LogP contribution is -2.51. The number of nitrogens with zero attached hydrogens (tertiary/aromatic N) is 2. The van der Waals surface area contributed by atoms with Crippen molar-refractivity contribution in [2.24, 2.45) is 5.92 Å². The smallest absolute Gasteiger partial charge is 0.328 e. The van der Waals surface area contributed by atoms with Gasteiger partial charge >= 0.3 is 12.0 Å². The van der Waals surface area contributed by atoms with Gasteiger partial charge in [-0.2, -0.15) is 0 Å². The summed E-state index contributed by atoms with van der Waals surface area (Å²) in [4.78, 5) is 51.9. The lowest BCUT2D eigenvalue weighted by Gasteiger charge is -2.35. The molecule has 1 heterocycles. The monoisotopic (exact) mass is 353 g/mol. The van der Waals surface area contributed by atoms with Crippen molar-refractivity contribution >= 4 is 23.8 Å². The third-order valence-electron chi connectivity index (χ3n) is 5.22. The van der Waals surface area contributed by atoms with Gasteiger partial charge in [0.25, 0.3) is 5.91 Å². The van der Waals surface area contributed by atoms with Crippen LogP contribution in [0, 0.1) is 5.92 Å². The quantitative estimate of drug-likeness (QED) is 0.585. The molecular weight excluding hydrogens is 326 g/mol. The molecule has 1 saturated heterocycles. The van der Waals surface area contributed by atoms with Crippen LogP contribution < -0.4 is 5.32 Å². The number of hydrogen-bond donors (Lipinski definition) is 1. The number of amides is 4. The summed E-state index contributed by atoms with van der Waals surface area (Å²) in [6, 6.07) is -1.27. The summed E-state index contributed by atoms with van der Waals surface area (Å²) in [6.07, 6.45) is 4.08. The highest BCUT2D eigenvalue weighted by molar-refractivity contribution is 6.09. The Labute approximate surface area is 147 Å². The number of ether oxygens (including phenoxy) is 1. The molecule has 1 N–H and O–H groups in total. The molecular formula is C17H27N3O5. The zero-order valence-corrected chi connectivity index (χ0v) is 15.3. The van der Waals surface area contributed by atoms with Gasteiger partial charge in [0.15, 0.2) is 0 Å². The number of hydrogen-bond acceptors (Lipinski definition) is 5. The average Bonchev–Trinajstić information content (AvgIpc) is 2.76. The highest BCUT2D eigenvalue weighted by Gasteiger charge is 2.55. The summed E-state index contributed by atoms with van der Waals surface area (Å²) in [5, 5.41) is 2.56. The van der Waals surface area contributed by atoms with Gasteiger partial charge < -0.3 is 15.0 Å². The fourth-order valence-corrected chi connectivity index (χ4v) is 3.66. The van der Waals surface area contributed by atoms with Crippen LogP contribution in [-0.4, -0.2) is 65.9 Å². The summed E-state index contributed by atoms with van der Waals surface area (Å²) < 4.78 is 4.68. The molecule has 1 aliphatic carbocycles. The predicted molar refractivity (Wildman–Crippen MR) is 89.5 cm³/mol. The Morgan fingerprint density at radius 3 is 2.32 bits per heavy atom. The first-order valence-corrected chi connectivity index (χ1v) is 8.71. The molecule has 1 saturated carbocycles. The number of esters is 1. The van der Waals surface area contributed by atoms with E-state index >= 15 is 0 Å². The third kappa shape index (κ3) is 3.48. The minimum absolute atomic E-state index is 0.172. The molecule has 0 radical (unpaired) electrons. The van der Waals surface area contributed by atoms with E-state index < -0.39 is 29.5 Å². The Balaban J connectivity index is 2.09. The van der Waals surface area contributed by atoms with Crippen LogP contribution in [0.15, 0.2) is 0 Å². The van der Waals surface area contributed by atoms with Gasteiger partial charge in [-0.3, -0.25) is 14.5 Å². The summed E-state index contributed by atoms with van der Waals surface area (Å²) >= 11 is 0. The number of methoxy groups -OCH3 is 1. The van der Waals surface area contributed by atoms with Crippen LogP contribution in [0.4, 0.5) is 4.79 Å². The van der Waals surface area contributed by atoms with Gasteiger partial charge in [0.1, 0.15) is 18.1 Å². The van der Waals surface area contributed by atoms with Crippen LogP contribution in [0.3, 0.4) is 0 Å². The van der Waals surface area contributed by atoms with Gasteiger partial charge in [0.2, 0.25) is 5.91 Å². The van der Waals surface area contributed by atoms with Crippen LogP contribution >= 0.6 is 0 Å². The van der Waals surface area contributed by atoms with Crippen molar-refractivity contribution in [1.82, 2.24) is 15.1 Å². The summed E-state index contributed by atoms with van der Waals surface area (Å²) in [5.41, 5.74) is -0.810. The van der Waals surface area contributed by atoms with Crippen molar-refractivity contribution in [2.75, 3.05) is 20.7 Å². The normalized spacial score (nSPS) is 21.0. The average molecular weight is 353 g/mol. The zero-order chi connectivity index (χ0) is 18.8. The van der Waals surface area contributed by atoms with Gasteiger partial charge in [-0.1, -0.05) is 33.1 Å². The number of urea groups is 1. The number of rotatable bonds is 5. The Bertz CT molecular complexity index is 569. The molecule has 2 fully saturated rings. The van der Waals surface area contributed by atoms with E-state index in [4.69, 9.17) is 0 Å². The second kappa shape index (κ2) is 7.41. The molecule has 4 amide bonds. The van der Waals surface area contributed by atoms with Gasteiger partial charge in [-0.05, 0) is 18.8 Å². The standard InChI is InChI=1S/C17H27N3O5/c1-11(2)13(14(22)25-4)18-12(21)10-20-15(23)17(19(3)16(20)24)8-6-5-7-9-17/h11,13H,5-10H2,1-4H3,(H,18,21). The van der Waals surface area contributed by atoms with E-state index in [9.17, 15) is 19.2 Å². The van der Waals surface area contributed by atoms with Gasteiger partial charge in [0.05, 0.1) is 7.11 Å². The molecule has 1 atom stereocenters. The molecule has 1 unspecified atom stereocenters. The molecule has 0 aromatic carbocycles. The minimum atomic E-state index is -0.813. The van der Waals surface area contributed by atoms with Gasteiger partial charge in [0, 0.05) is 7.05 Å². The number of nitrogens with one attached hydrogen (secondary N) is 1. The first-order valence-electron chi connectivity index (χ1n) is 8.71. The van der Waals surface area contributed by atoms with Crippen molar-refractivity contribution in [3.8, 4) is 0 Å². The third-order valence-corrected chi connectivity index (χ3v) is 5.22. The molecule has 0 aromatic rings. The van der Waals surface area contributed by atoms with E-state index in [0.29, 0.717) is 12.8 Å². The maximum Gasteiger partial charge on any atom is 0.328 e. The lowest BCUT2D eigenvalue weighted by molar-refractivity contribution is -0.146. The SMILES string of the molecule is COC(=O)C(NC(=O)CN1C(=O)N(C)C2(CCCCC2)C1=O)C(C)C. The van der Waals surface area contributed by atoms with Gasteiger partial charge in [-0.25, -0.2) is 9.59 Å². The maximum absolute atomic E-state index is 12.8. The fourth-order valence-electron chi connectivity index (χ4n) is 3.66. The minimum Gasteiger partial charge on any atom is -0.467 e. The largest absolute Gasteiger partial charge is 0.467 e. The van der Waals surface area contributed by atoms with Crippen molar-refractivity contribution in [3.05, 3.63) is 0 Å². The molecule has 2 aliphatic rings. The van der Waals surface area contributed by atoms with E-state index in [0.717, 1.165) is 24.2 Å². The summed E-state index contributed by atoms with van der Waals surface area (Å²) in [7, 11) is 2.87. The Hall–Kier alpha value is -2.12. The van der Waals surface area contributed by atoms with Crippen LogP contribution in [-0.2, 0) is 19.1 Å². The van der Waals surface area contributed by atoms with Crippen LogP contribution in [0.5, 0.6) is 0 Å². The first-order chi connectivity index (χ1) is 11.7. The highest BCUT2D eigenvalue weighted by atomic mass is 16.5. The molecule has 0 bridgehead atoms. The molecule has 1 spiro atoms. The molecule has 25 heavy (non-hydrogen) atoms. The number of carbonyl (C=O) groups excluding carboxylic acids is 4. The molecule has 8 nitrogen and oxygen atoms in total. The molecule has 140 valence electrons. The fraction of sp³-hybridized carbons (Fsp3) is 0.765. The summed E-state index contributed by atoms with van der Waals surface area (Å²) in [5.74, 6) is -1.59. The summed E-state index contributed by atoms with van der Waals surface area (Å²) in [6.45, 7) is 3.17. The predicted octanol–water partition coefficient (Wildman–Crippen LogP) is 0.897. The second-order valence-corrected chi connectivity index (χ2v) is 7.14. The van der Waals surface area contributed by atoms with Crippen molar-refractivity contribution in [1.29, 1.82) is 0 Å². The Morgan fingerprint density at radius 2 is 1.80 bits per heavy atom. The molecule has 2 rings (SSSR count). The topological polar surface area (TPSA) is 96.0 Å². The Kier molecular flexibility index (Phi) is 5.69. The lowest BCUT2D eigenvalue weighted by atomic mass is 9.81. The van der Waals surface area contributed by atoms with Crippen LogP contribution in [0.2, 0.25) is 0 Å². The maximum atomic E-state index is 12.8. The molecule has 0 aromatic heterocycles. The van der Waals surface area contributed by atoms with Gasteiger partial charge in [-0.15, -0.1) is 0 Å². The van der Waals surface area contributed by atoms with E-state index in [1.165, 1.54) is 12.0 Å². The van der Waals surface area contributed by atoms with Crippen LogP contribution in [0.25, 0.3) is 0 Å². The van der Waals surface area contributed by atoms with E-state index in [1.807, 2.05) is 0 Å². The van der Waals surface area contributed by atoms with E-state index in [1.54, 1.807) is 20.9 Å². The zero-order valence-electron chi connectivity index (χ0n) is 15.3. The highest BCUT2D eigenvalue weighted by Crippen LogP contribution is 2.39. The Morgan fingerprint density at radius 1 is 1.20 bits per heavy atom. The number of imide groups is 1. The molecule has 8 heteroatoms.